The second-order valence-electron chi connectivity index (χ2n) is 8.22. The van der Waals surface area contributed by atoms with Crippen LogP contribution in [0.2, 0.25) is 0 Å². The summed E-state index contributed by atoms with van der Waals surface area (Å²) in [6.45, 7) is 2.42. The third-order valence-electron chi connectivity index (χ3n) is 5.64. The van der Waals surface area contributed by atoms with Crippen molar-refractivity contribution in [1.29, 1.82) is 0 Å². The molecule has 8 nitrogen and oxygen atoms in total. The standard InChI is InChI=1S/C22H22F2N6O2/c1-12-6-14(8-16(7-12)27-21-25-5-4-17(28-21)20(23)24)15-9-26-30(10-15)11-18-19(13-2-3-13)29-22(31)32-18/h4-10,13,18-20H,2-3,11H2,1H3,(H,29,31)(H,25,27,28). The number of aromatic nitrogens is 4. The quantitative estimate of drug-likeness (QED) is 0.572. The van der Waals surface area contributed by atoms with E-state index in [0.29, 0.717) is 18.2 Å². The lowest BCUT2D eigenvalue weighted by Crippen LogP contribution is -2.36. The second-order valence-corrected chi connectivity index (χ2v) is 8.22. The molecule has 0 spiro atoms. The topological polar surface area (TPSA) is 94.0 Å². The Bertz CT molecular complexity index is 1150. The molecule has 0 radical (unpaired) electrons. The molecule has 2 fully saturated rings. The molecule has 1 aliphatic heterocycles. The number of carbonyl (C=O) groups is 1. The Morgan fingerprint density at radius 3 is 2.91 bits per heavy atom. The number of aryl methyl sites for hydroxylation is 1. The van der Waals surface area contributed by atoms with E-state index in [9.17, 15) is 13.6 Å². The highest BCUT2D eigenvalue weighted by Gasteiger charge is 2.44. The van der Waals surface area contributed by atoms with Crippen molar-refractivity contribution in [3.8, 4) is 11.1 Å². The summed E-state index contributed by atoms with van der Waals surface area (Å²) in [6.07, 6.45) is 3.91. The first-order chi connectivity index (χ1) is 15.4. The van der Waals surface area contributed by atoms with E-state index in [1.807, 2.05) is 31.3 Å². The first kappa shape index (κ1) is 20.3. The fourth-order valence-electron chi connectivity index (χ4n) is 4.00. The lowest BCUT2D eigenvalue weighted by atomic mass is 10.1. The van der Waals surface area contributed by atoms with Crippen LogP contribution in [-0.2, 0) is 11.3 Å². The number of hydrogen-bond acceptors (Lipinski definition) is 6. The zero-order chi connectivity index (χ0) is 22.2. The zero-order valence-electron chi connectivity index (χ0n) is 17.3. The van der Waals surface area contributed by atoms with Crippen LogP contribution >= 0.6 is 0 Å². The van der Waals surface area contributed by atoms with Crippen molar-refractivity contribution in [3.05, 3.63) is 54.1 Å². The Morgan fingerprint density at radius 1 is 1.28 bits per heavy atom. The van der Waals surface area contributed by atoms with Gasteiger partial charge in [0.25, 0.3) is 6.43 Å². The number of nitrogens with one attached hydrogen (secondary N) is 2. The Hall–Kier alpha value is -3.56. The maximum absolute atomic E-state index is 12.9. The van der Waals surface area contributed by atoms with Crippen LogP contribution in [0.4, 0.5) is 25.2 Å². The van der Waals surface area contributed by atoms with E-state index in [0.717, 1.165) is 29.5 Å². The van der Waals surface area contributed by atoms with Crippen LogP contribution in [0.25, 0.3) is 11.1 Å². The molecule has 1 saturated carbocycles. The Kier molecular flexibility index (Phi) is 5.20. The molecular formula is C22H22F2N6O2. The molecule has 1 saturated heterocycles. The lowest BCUT2D eigenvalue weighted by Gasteiger charge is -2.16. The number of cyclic esters (lactones) is 1. The number of amides is 1. The van der Waals surface area contributed by atoms with E-state index in [2.05, 4.69) is 25.7 Å². The number of carbonyl (C=O) groups excluding carboxylic acids is 1. The summed E-state index contributed by atoms with van der Waals surface area (Å²) >= 11 is 0. The van der Waals surface area contributed by atoms with Gasteiger partial charge in [0.05, 0.1) is 18.8 Å². The van der Waals surface area contributed by atoms with E-state index < -0.39 is 6.43 Å². The van der Waals surface area contributed by atoms with Crippen LogP contribution in [0.15, 0.2) is 42.9 Å². The maximum atomic E-state index is 12.9. The number of nitrogens with zero attached hydrogens (tertiary/aromatic N) is 4. The molecule has 0 bridgehead atoms. The van der Waals surface area contributed by atoms with Gasteiger partial charge < -0.3 is 15.4 Å². The van der Waals surface area contributed by atoms with Gasteiger partial charge in [-0.15, -0.1) is 0 Å². The number of alkyl halides is 2. The molecule has 2 atom stereocenters. The number of rotatable bonds is 7. The van der Waals surface area contributed by atoms with Gasteiger partial charge in [0.15, 0.2) is 0 Å². The summed E-state index contributed by atoms with van der Waals surface area (Å²) in [5.74, 6) is 0.592. The molecule has 166 valence electrons. The first-order valence-electron chi connectivity index (χ1n) is 10.4. The molecule has 1 aromatic carbocycles. The monoisotopic (exact) mass is 440 g/mol. The third kappa shape index (κ3) is 4.39. The van der Waals surface area contributed by atoms with Crippen LogP contribution in [0.1, 0.15) is 30.5 Å². The maximum Gasteiger partial charge on any atom is 0.407 e. The number of halogens is 2. The predicted octanol–water partition coefficient (Wildman–Crippen LogP) is 4.22. The number of hydrogen-bond donors (Lipinski definition) is 2. The molecule has 1 amide bonds. The fourth-order valence-corrected chi connectivity index (χ4v) is 4.00. The van der Waals surface area contributed by atoms with Gasteiger partial charge in [-0.05, 0) is 55.0 Å². The molecule has 2 unspecified atom stereocenters. The van der Waals surface area contributed by atoms with Gasteiger partial charge in [-0.25, -0.2) is 23.5 Å². The van der Waals surface area contributed by atoms with Gasteiger partial charge in [0, 0.05) is 23.6 Å². The van der Waals surface area contributed by atoms with Crippen molar-refractivity contribution in [2.24, 2.45) is 5.92 Å². The van der Waals surface area contributed by atoms with Crippen LogP contribution < -0.4 is 10.6 Å². The molecule has 2 N–H and O–H groups in total. The summed E-state index contributed by atoms with van der Waals surface area (Å²) in [5.41, 5.74) is 3.12. The van der Waals surface area contributed by atoms with Gasteiger partial charge in [0.2, 0.25) is 5.95 Å². The summed E-state index contributed by atoms with van der Waals surface area (Å²) in [4.78, 5) is 19.6. The number of alkyl carbamates (subject to hydrolysis) is 1. The summed E-state index contributed by atoms with van der Waals surface area (Å²) in [7, 11) is 0. The lowest BCUT2D eigenvalue weighted by molar-refractivity contribution is 0.114. The average Bonchev–Trinajstić information content (AvgIpc) is 3.38. The van der Waals surface area contributed by atoms with Gasteiger partial charge in [-0.2, -0.15) is 5.10 Å². The zero-order valence-corrected chi connectivity index (χ0v) is 17.3. The summed E-state index contributed by atoms with van der Waals surface area (Å²) < 4.78 is 33.1. The van der Waals surface area contributed by atoms with Crippen molar-refractivity contribution < 1.29 is 18.3 Å². The molecule has 10 heteroatoms. The van der Waals surface area contributed by atoms with Crippen molar-refractivity contribution >= 4 is 17.7 Å². The Balaban J connectivity index is 1.33. The van der Waals surface area contributed by atoms with Crippen molar-refractivity contribution in [2.75, 3.05) is 5.32 Å². The number of benzene rings is 1. The highest BCUT2D eigenvalue weighted by atomic mass is 19.3. The SMILES string of the molecule is Cc1cc(Nc2nccc(C(F)F)n2)cc(-c2cnn(CC3OC(=O)NC3C3CC3)c2)c1. The highest BCUT2D eigenvalue weighted by Crippen LogP contribution is 2.37. The van der Waals surface area contributed by atoms with Gasteiger partial charge in [-0.3, -0.25) is 4.68 Å². The predicted molar refractivity (Wildman–Crippen MR) is 113 cm³/mol. The Morgan fingerprint density at radius 2 is 2.12 bits per heavy atom. The normalized spacial score (nSPS) is 20.3. The van der Waals surface area contributed by atoms with Gasteiger partial charge in [-0.1, -0.05) is 6.07 Å². The van der Waals surface area contributed by atoms with Crippen molar-refractivity contribution in [2.45, 2.75) is 44.9 Å². The van der Waals surface area contributed by atoms with Crippen molar-refractivity contribution in [3.63, 3.8) is 0 Å². The highest BCUT2D eigenvalue weighted by molar-refractivity contribution is 5.71. The minimum Gasteiger partial charge on any atom is -0.442 e. The minimum atomic E-state index is -2.66. The molecule has 1 aliphatic carbocycles. The third-order valence-corrected chi connectivity index (χ3v) is 5.64. The van der Waals surface area contributed by atoms with Crippen LogP contribution in [0, 0.1) is 12.8 Å². The van der Waals surface area contributed by atoms with Gasteiger partial charge >= 0.3 is 6.09 Å². The number of ether oxygens (including phenoxy) is 1. The van der Waals surface area contributed by atoms with Crippen molar-refractivity contribution in [1.82, 2.24) is 25.1 Å². The molecule has 2 aromatic heterocycles. The minimum absolute atomic E-state index is 0.0360. The molecule has 5 rings (SSSR count). The molecule has 3 aromatic rings. The average molecular weight is 440 g/mol. The summed E-state index contributed by atoms with van der Waals surface area (Å²) in [6, 6.07) is 7.01. The van der Waals surface area contributed by atoms with Crippen LogP contribution in [0.5, 0.6) is 0 Å². The molecule has 2 aliphatic rings. The molecule has 32 heavy (non-hydrogen) atoms. The number of anilines is 2. The first-order valence-corrected chi connectivity index (χ1v) is 10.4. The second kappa shape index (κ2) is 8.18. The van der Waals surface area contributed by atoms with Crippen LogP contribution in [-0.4, -0.2) is 38.0 Å². The molecular weight excluding hydrogens is 418 g/mol. The van der Waals surface area contributed by atoms with E-state index in [-0.39, 0.29) is 29.9 Å². The van der Waals surface area contributed by atoms with E-state index in [1.165, 1.54) is 12.3 Å². The van der Waals surface area contributed by atoms with E-state index >= 15 is 0 Å². The van der Waals surface area contributed by atoms with E-state index in [4.69, 9.17) is 4.74 Å². The fraction of sp³-hybridized carbons (Fsp3) is 0.364. The largest absolute Gasteiger partial charge is 0.442 e. The van der Waals surface area contributed by atoms with E-state index in [1.54, 1.807) is 10.9 Å². The Labute approximate surface area is 183 Å². The van der Waals surface area contributed by atoms with Gasteiger partial charge in [0.1, 0.15) is 11.8 Å². The molecule has 3 heterocycles. The summed E-state index contributed by atoms with van der Waals surface area (Å²) in [5, 5.41) is 10.3. The smallest absolute Gasteiger partial charge is 0.407 e. The van der Waals surface area contributed by atoms with Crippen LogP contribution in [0.3, 0.4) is 0 Å².